The zero-order valence-corrected chi connectivity index (χ0v) is 15.9. The molecule has 0 spiro atoms. The van der Waals surface area contributed by atoms with E-state index in [1.54, 1.807) is 4.90 Å². The summed E-state index contributed by atoms with van der Waals surface area (Å²) in [6.45, 7) is 2.03. The first-order valence-electron chi connectivity index (χ1n) is 9.21. The fourth-order valence-electron chi connectivity index (χ4n) is 3.09. The molecule has 0 saturated carbocycles. The Kier molecular flexibility index (Phi) is 6.44. The second-order valence-electron chi connectivity index (χ2n) is 6.72. The predicted molar refractivity (Wildman–Crippen MR) is 105 cm³/mol. The second kappa shape index (κ2) is 8.83. The van der Waals surface area contributed by atoms with Crippen molar-refractivity contribution in [1.29, 1.82) is 0 Å². The van der Waals surface area contributed by atoms with E-state index >= 15 is 0 Å². The molecule has 1 saturated heterocycles. The topological polar surface area (TPSA) is 74.7 Å². The van der Waals surface area contributed by atoms with Crippen LogP contribution in [0.3, 0.4) is 0 Å². The van der Waals surface area contributed by atoms with Crippen molar-refractivity contribution >= 4 is 30.4 Å². The lowest BCUT2D eigenvalue weighted by Crippen LogP contribution is -2.41. The molecule has 2 aliphatic heterocycles. The first-order chi connectivity index (χ1) is 13.8. The van der Waals surface area contributed by atoms with Crippen molar-refractivity contribution in [2.75, 3.05) is 37.0 Å². The monoisotopic (exact) mass is 407 g/mol. The maximum atomic E-state index is 12.6. The Balaban J connectivity index is 0.000000169. The van der Waals surface area contributed by atoms with Gasteiger partial charge in [-0.1, -0.05) is 6.07 Å². The molecule has 1 aromatic carbocycles. The predicted octanol–water partition coefficient (Wildman–Crippen LogP) is 2.11. The van der Waals surface area contributed by atoms with Crippen LogP contribution in [0.4, 0.5) is 24.7 Å². The normalized spacial score (nSPS) is 15.6. The van der Waals surface area contributed by atoms with Gasteiger partial charge in [-0.25, -0.2) is 4.98 Å². The molecule has 0 aliphatic carbocycles. The summed E-state index contributed by atoms with van der Waals surface area (Å²) >= 11 is 0. The van der Waals surface area contributed by atoms with E-state index in [1.165, 1.54) is 5.56 Å². The highest BCUT2D eigenvalue weighted by Gasteiger charge is 2.34. The number of benzene rings is 1. The highest BCUT2D eigenvalue weighted by Crippen LogP contribution is 2.33. The van der Waals surface area contributed by atoms with Crippen LogP contribution in [-0.4, -0.2) is 50.2 Å². The Bertz CT molecular complexity index is 876. The third kappa shape index (κ3) is 4.88. The number of carbonyl (C=O) groups is 1. The van der Waals surface area contributed by atoms with E-state index in [9.17, 15) is 23.0 Å². The molecule has 4 rings (SSSR count). The third-order valence-corrected chi connectivity index (χ3v) is 4.88. The Morgan fingerprint density at radius 1 is 1.31 bits per heavy atom. The van der Waals surface area contributed by atoms with Crippen molar-refractivity contribution in [2.24, 2.45) is 0 Å². The van der Waals surface area contributed by atoms with Gasteiger partial charge in [0, 0.05) is 44.2 Å². The summed E-state index contributed by atoms with van der Waals surface area (Å²) < 4.78 is 42.9. The molecule has 2 aromatic rings. The number of nitrogens with zero attached hydrogens (tertiary/aromatic N) is 2. The van der Waals surface area contributed by atoms with E-state index in [0.717, 1.165) is 36.3 Å². The minimum atomic E-state index is -4.52. The van der Waals surface area contributed by atoms with Crippen LogP contribution in [0.15, 0.2) is 30.5 Å². The number of aldehydes is 1. The standard InChI is InChI=1S/C10H9F3N2O.C9H12BNO2/c11-10(12,13)8-4-9(15-2-1-3-15)14-5-7(8)6-16;1-11-8-3-2-7-4-5-13-10(12)9(7)6-8/h4-6H,1-3H2;2-3,6,11-12H,4-5H2,1H3. The Labute approximate surface area is 166 Å². The van der Waals surface area contributed by atoms with Crippen molar-refractivity contribution in [1.82, 2.24) is 4.98 Å². The summed E-state index contributed by atoms with van der Waals surface area (Å²) in [6.07, 6.45) is -1.52. The number of pyridine rings is 1. The fraction of sp³-hybridized carbons (Fsp3) is 0.368. The van der Waals surface area contributed by atoms with Crippen LogP contribution in [0.2, 0.25) is 0 Å². The molecule has 0 unspecified atom stereocenters. The molecule has 1 fully saturated rings. The number of carbonyl (C=O) groups excluding carboxylic acids is 1. The lowest BCUT2D eigenvalue weighted by Gasteiger charge is -2.32. The minimum Gasteiger partial charge on any atom is -0.423 e. The lowest BCUT2D eigenvalue weighted by atomic mass is 9.73. The quantitative estimate of drug-likeness (QED) is 0.600. The highest BCUT2D eigenvalue weighted by molar-refractivity contribution is 6.61. The minimum absolute atomic E-state index is 0.176. The maximum Gasteiger partial charge on any atom is 0.491 e. The van der Waals surface area contributed by atoms with Crippen LogP contribution >= 0.6 is 0 Å². The van der Waals surface area contributed by atoms with E-state index in [4.69, 9.17) is 4.65 Å². The molecular weight excluding hydrogens is 386 g/mol. The molecule has 154 valence electrons. The van der Waals surface area contributed by atoms with Gasteiger partial charge in [-0.2, -0.15) is 13.2 Å². The van der Waals surface area contributed by atoms with Gasteiger partial charge in [0.25, 0.3) is 0 Å². The average Bonchev–Trinajstić information content (AvgIpc) is 2.66. The van der Waals surface area contributed by atoms with Gasteiger partial charge in [0.1, 0.15) is 5.82 Å². The third-order valence-electron chi connectivity index (χ3n) is 4.88. The highest BCUT2D eigenvalue weighted by atomic mass is 19.4. The fourth-order valence-corrected chi connectivity index (χ4v) is 3.09. The molecule has 0 atom stereocenters. The Morgan fingerprint density at radius 3 is 2.66 bits per heavy atom. The van der Waals surface area contributed by atoms with Crippen LogP contribution in [0, 0.1) is 0 Å². The van der Waals surface area contributed by atoms with E-state index in [-0.39, 0.29) is 12.1 Å². The van der Waals surface area contributed by atoms with Crippen LogP contribution in [0.1, 0.15) is 27.9 Å². The van der Waals surface area contributed by atoms with Gasteiger partial charge in [-0.05, 0) is 42.1 Å². The number of halogens is 3. The van der Waals surface area contributed by atoms with Crippen molar-refractivity contribution in [3.05, 3.63) is 47.2 Å². The van der Waals surface area contributed by atoms with Crippen molar-refractivity contribution in [2.45, 2.75) is 19.0 Å². The molecular formula is C19H21BF3N3O3. The van der Waals surface area contributed by atoms with E-state index in [0.29, 0.717) is 19.7 Å². The summed E-state index contributed by atoms with van der Waals surface area (Å²) in [5, 5.41) is 12.6. The summed E-state index contributed by atoms with van der Waals surface area (Å²) in [6, 6.07) is 6.91. The number of aromatic nitrogens is 1. The van der Waals surface area contributed by atoms with Crippen molar-refractivity contribution < 1.29 is 27.6 Å². The van der Waals surface area contributed by atoms with Crippen molar-refractivity contribution in [3.63, 3.8) is 0 Å². The van der Waals surface area contributed by atoms with E-state index in [1.807, 2.05) is 25.2 Å². The number of alkyl halides is 3. The zero-order valence-electron chi connectivity index (χ0n) is 15.9. The number of hydrogen-bond donors (Lipinski definition) is 2. The van der Waals surface area contributed by atoms with Crippen LogP contribution < -0.4 is 15.7 Å². The van der Waals surface area contributed by atoms with Crippen LogP contribution in [0.5, 0.6) is 0 Å². The van der Waals surface area contributed by atoms with Crippen LogP contribution in [0.25, 0.3) is 0 Å². The van der Waals surface area contributed by atoms with Gasteiger partial charge >= 0.3 is 13.3 Å². The number of fused-ring (bicyclic) bond motifs is 1. The van der Waals surface area contributed by atoms with Gasteiger partial charge in [0.15, 0.2) is 6.29 Å². The number of hydrogen-bond acceptors (Lipinski definition) is 6. The molecule has 0 radical (unpaired) electrons. The molecule has 1 aromatic heterocycles. The lowest BCUT2D eigenvalue weighted by molar-refractivity contribution is -0.137. The SMILES string of the molecule is CNc1ccc2c(c1)B(O)OCC2.O=Cc1cnc(N2CCC2)cc1C(F)(F)F. The first kappa shape index (κ1) is 21.1. The summed E-state index contributed by atoms with van der Waals surface area (Å²) in [5.41, 5.74) is 1.73. The largest absolute Gasteiger partial charge is 0.491 e. The molecule has 29 heavy (non-hydrogen) atoms. The zero-order chi connectivity index (χ0) is 21.0. The number of anilines is 2. The smallest absolute Gasteiger partial charge is 0.423 e. The molecule has 0 amide bonds. The molecule has 3 heterocycles. The van der Waals surface area contributed by atoms with Gasteiger partial charge in [-0.15, -0.1) is 0 Å². The summed E-state index contributed by atoms with van der Waals surface area (Å²) in [7, 11) is 1.11. The Hall–Kier alpha value is -2.59. The van der Waals surface area contributed by atoms with Crippen LogP contribution in [-0.2, 0) is 17.3 Å². The van der Waals surface area contributed by atoms with E-state index in [2.05, 4.69) is 10.3 Å². The molecule has 2 N–H and O–H groups in total. The van der Waals surface area contributed by atoms with Gasteiger partial charge < -0.3 is 19.9 Å². The maximum absolute atomic E-state index is 12.6. The number of rotatable bonds is 3. The van der Waals surface area contributed by atoms with E-state index < -0.39 is 24.4 Å². The molecule has 2 aliphatic rings. The summed E-state index contributed by atoms with van der Waals surface area (Å²) in [4.78, 5) is 16.1. The molecule has 0 bridgehead atoms. The van der Waals surface area contributed by atoms with Crippen molar-refractivity contribution in [3.8, 4) is 0 Å². The number of nitrogens with one attached hydrogen (secondary N) is 1. The van der Waals surface area contributed by atoms with Gasteiger partial charge in [0.05, 0.1) is 5.56 Å². The molecule has 10 heteroatoms. The Morgan fingerprint density at radius 2 is 2.07 bits per heavy atom. The van der Waals surface area contributed by atoms with Gasteiger partial charge in [-0.3, -0.25) is 4.79 Å². The summed E-state index contributed by atoms with van der Waals surface area (Å²) in [5.74, 6) is 0.282. The second-order valence-corrected chi connectivity index (χ2v) is 6.72. The molecule has 6 nitrogen and oxygen atoms in total. The van der Waals surface area contributed by atoms with Gasteiger partial charge in [0.2, 0.25) is 0 Å². The first-order valence-corrected chi connectivity index (χ1v) is 9.21. The average molecular weight is 407 g/mol.